The van der Waals surface area contributed by atoms with Crippen LogP contribution in [0, 0.1) is 0 Å². The highest BCUT2D eigenvalue weighted by Gasteiger charge is 2.16. The Kier molecular flexibility index (Phi) is 12.2. The van der Waals surface area contributed by atoms with Crippen LogP contribution in [-0.4, -0.2) is 36.6 Å². The Bertz CT molecular complexity index is 1180. The van der Waals surface area contributed by atoms with Crippen LogP contribution in [0.2, 0.25) is 0 Å². The van der Waals surface area contributed by atoms with Crippen LogP contribution >= 0.6 is 11.6 Å². The van der Waals surface area contributed by atoms with Gasteiger partial charge in [-0.3, -0.25) is 4.79 Å². The highest BCUT2D eigenvalue weighted by Crippen LogP contribution is 2.27. The molecule has 1 N–H and O–H groups in total. The van der Waals surface area contributed by atoms with Gasteiger partial charge in [-0.05, 0) is 87.7 Å². The first kappa shape index (κ1) is 30.8. The Hall–Kier alpha value is -3.71. The molecule has 0 saturated carbocycles. The van der Waals surface area contributed by atoms with Crippen LogP contribution in [0.1, 0.15) is 52.0 Å². The van der Waals surface area contributed by atoms with Crippen molar-refractivity contribution in [2.24, 2.45) is 0 Å². The molecule has 0 heterocycles. The zero-order valence-electron chi connectivity index (χ0n) is 23.5. The summed E-state index contributed by atoms with van der Waals surface area (Å²) in [6, 6.07) is 24.7. The number of hydrogen-bond donors (Lipinski definition) is 1. The van der Waals surface area contributed by atoms with Gasteiger partial charge in [-0.25, -0.2) is 4.79 Å². The SMILES string of the molecule is CC(C)(C)OC(=O)NCCCCCCOc1ccc(Oc2ccc(N(Cc3ccccc3)C(=O)CCl)cc2)cc1. The Balaban J connectivity index is 1.38. The lowest BCUT2D eigenvalue weighted by atomic mass is 10.2. The Morgan fingerprint density at radius 1 is 0.800 bits per heavy atom. The van der Waals surface area contributed by atoms with Gasteiger partial charge in [0.2, 0.25) is 5.91 Å². The summed E-state index contributed by atoms with van der Waals surface area (Å²) < 4.78 is 17.0. The van der Waals surface area contributed by atoms with E-state index >= 15 is 0 Å². The lowest BCUT2D eigenvalue weighted by molar-refractivity contribution is -0.116. The molecule has 0 bridgehead atoms. The van der Waals surface area contributed by atoms with E-state index in [2.05, 4.69) is 5.32 Å². The zero-order chi connectivity index (χ0) is 28.8. The normalized spacial score (nSPS) is 11.0. The van der Waals surface area contributed by atoms with E-state index in [1.54, 1.807) is 4.90 Å². The number of carbonyl (C=O) groups is 2. The predicted octanol–water partition coefficient (Wildman–Crippen LogP) is 7.71. The molecule has 3 aromatic carbocycles. The number of halogens is 1. The number of benzene rings is 3. The van der Waals surface area contributed by atoms with Gasteiger partial charge in [0.15, 0.2) is 0 Å². The number of nitrogens with zero attached hydrogens (tertiary/aromatic N) is 1. The molecule has 0 unspecified atom stereocenters. The van der Waals surface area contributed by atoms with Gasteiger partial charge in [0, 0.05) is 12.2 Å². The van der Waals surface area contributed by atoms with Crippen LogP contribution in [-0.2, 0) is 16.1 Å². The Morgan fingerprint density at radius 3 is 2.02 bits per heavy atom. The number of carbonyl (C=O) groups excluding carboxylic acids is 2. The van der Waals surface area contributed by atoms with E-state index in [4.69, 9.17) is 25.8 Å². The number of ether oxygens (including phenoxy) is 3. The van der Waals surface area contributed by atoms with Gasteiger partial charge in [0.1, 0.15) is 28.7 Å². The molecule has 3 rings (SSSR count). The summed E-state index contributed by atoms with van der Waals surface area (Å²) in [7, 11) is 0. The van der Waals surface area contributed by atoms with Crippen LogP contribution in [0.15, 0.2) is 78.9 Å². The summed E-state index contributed by atoms with van der Waals surface area (Å²) >= 11 is 5.86. The third kappa shape index (κ3) is 11.2. The van der Waals surface area contributed by atoms with E-state index in [1.165, 1.54) is 0 Å². The molecule has 3 aromatic rings. The third-order valence-electron chi connectivity index (χ3n) is 5.81. The lowest BCUT2D eigenvalue weighted by Crippen LogP contribution is -2.32. The average Bonchev–Trinajstić information content (AvgIpc) is 2.94. The van der Waals surface area contributed by atoms with E-state index in [1.807, 2.05) is 99.6 Å². The predicted molar refractivity (Wildman–Crippen MR) is 160 cm³/mol. The number of anilines is 1. The molecular formula is C32H39ClN2O5. The van der Waals surface area contributed by atoms with Crippen LogP contribution in [0.5, 0.6) is 17.2 Å². The quantitative estimate of drug-likeness (QED) is 0.160. The monoisotopic (exact) mass is 566 g/mol. The molecule has 0 saturated heterocycles. The van der Waals surface area contributed by atoms with Crippen molar-refractivity contribution in [3.63, 3.8) is 0 Å². The van der Waals surface area contributed by atoms with Gasteiger partial charge >= 0.3 is 6.09 Å². The van der Waals surface area contributed by atoms with Gasteiger partial charge in [0.25, 0.3) is 0 Å². The number of hydrogen-bond acceptors (Lipinski definition) is 5. The topological polar surface area (TPSA) is 77.1 Å². The lowest BCUT2D eigenvalue weighted by Gasteiger charge is -2.22. The molecule has 214 valence electrons. The highest BCUT2D eigenvalue weighted by molar-refractivity contribution is 6.29. The maximum Gasteiger partial charge on any atom is 0.407 e. The number of amides is 2. The maximum atomic E-state index is 12.5. The van der Waals surface area contributed by atoms with E-state index in [9.17, 15) is 9.59 Å². The molecule has 40 heavy (non-hydrogen) atoms. The first-order chi connectivity index (χ1) is 19.2. The summed E-state index contributed by atoms with van der Waals surface area (Å²) in [6.45, 7) is 7.23. The van der Waals surface area contributed by atoms with Crippen LogP contribution in [0.3, 0.4) is 0 Å². The molecule has 0 atom stereocenters. The van der Waals surface area contributed by atoms with Crippen molar-refractivity contribution in [2.45, 2.75) is 58.6 Å². The molecule has 0 aromatic heterocycles. The van der Waals surface area contributed by atoms with E-state index < -0.39 is 5.60 Å². The van der Waals surface area contributed by atoms with Crippen molar-refractivity contribution in [1.29, 1.82) is 0 Å². The van der Waals surface area contributed by atoms with E-state index in [-0.39, 0.29) is 17.9 Å². The van der Waals surface area contributed by atoms with Gasteiger partial charge < -0.3 is 24.4 Å². The second-order valence-electron chi connectivity index (χ2n) is 10.4. The van der Waals surface area contributed by atoms with Crippen molar-refractivity contribution in [1.82, 2.24) is 5.32 Å². The molecule has 2 amide bonds. The Labute approximate surface area is 242 Å². The first-order valence-corrected chi connectivity index (χ1v) is 14.1. The molecule has 0 fully saturated rings. The van der Waals surface area contributed by atoms with E-state index in [0.717, 1.165) is 42.7 Å². The zero-order valence-corrected chi connectivity index (χ0v) is 24.3. The molecular weight excluding hydrogens is 528 g/mol. The highest BCUT2D eigenvalue weighted by atomic mass is 35.5. The molecule has 0 aliphatic heterocycles. The number of alkyl halides is 1. The van der Waals surface area contributed by atoms with Gasteiger partial charge in [0.05, 0.1) is 13.2 Å². The van der Waals surface area contributed by atoms with Crippen LogP contribution < -0.4 is 19.7 Å². The summed E-state index contributed by atoms with van der Waals surface area (Å²) in [5.74, 6) is 1.88. The summed E-state index contributed by atoms with van der Waals surface area (Å²) in [5, 5.41) is 2.78. The smallest absolute Gasteiger partial charge is 0.407 e. The third-order valence-corrected chi connectivity index (χ3v) is 6.04. The fourth-order valence-electron chi connectivity index (χ4n) is 3.87. The van der Waals surface area contributed by atoms with Gasteiger partial charge in [-0.1, -0.05) is 43.2 Å². The van der Waals surface area contributed by atoms with Crippen molar-refractivity contribution in [2.75, 3.05) is 23.9 Å². The molecule has 0 aliphatic rings. The number of unbranched alkanes of at least 4 members (excludes halogenated alkanes) is 3. The Morgan fingerprint density at radius 2 is 1.40 bits per heavy atom. The molecule has 0 radical (unpaired) electrons. The standard InChI is InChI=1S/C32H39ClN2O5/c1-32(2,3)40-31(37)34-21-9-4-5-10-22-38-27-17-19-29(20-18-27)39-28-15-13-26(14-16-28)35(30(36)23-33)24-25-11-7-6-8-12-25/h6-8,11-20H,4-5,9-10,21-24H2,1-3H3,(H,34,37). The van der Waals surface area contributed by atoms with Gasteiger partial charge in [-0.2, -0.15) is 0 Å². The van der Waals surface area contributed by atoms with Crippen molar-refractivity contribution >= 4 is 29.3 Å². The molecule has 8 heteroatoms. The first-order valence-electron chi connectivity index (χ1n) is 13.6. The second-order valence-corrected chi connectivity index (χ2v) is 10.6. The summed E-state index contributed by atoms with van der Waals surface area (Å²) in [6.07, 6.45) is 3.50. The number of rotatable bonds is 14. The molecule has 0 spiro atoms. The average molecular weight is 567 g/mol. The molecule has 0 aliphatic carbocycles. The summed E-state index contributed by atoms with van der Waals surface area (Å²) in [4.78, 5) is 25.8. The fraction of sp³-hybridized carbons (Fsp3) is 0.375. The van der Waals surface area contributed by atoms with Crippen molar-refractivity contribution in [3.8, 4) is 17.2 Å². The minimum atomic E-state index is -0.477. The maximum absolute atomic E-state index is 12.5. The van der Waals surface area contributed by atoms with Crippen molar-refractivity contribution < 1.29 is 23.8 Å². The number of nitrogens with one attached hydrogen (secondary N) is 1. The fourth-order valence-corrected chi connectivity index (χ4v) is 4.02. The van der Waals surface area contributed by atoms with Crippen molar-refractivity contribution in [3.05, 3.63) is 84.4 Å². The number of alkyl carbamates (subject to hydrolysis) is 1. The molecule has 7 nitrogen and oxygen atoms in total. The largest absolute Gasteiger partial charge is 0.494 e. The minimum Gasteiger partial charge on any atom is -0.494 e. The van der Waals surface area contributed by atoms with E-state index in [0.29, 0.717) is 31.2 Å². The van der Waals surface area contributed by atoms with Gasteiger partial charge in [-0.15, -0.1) is 11.6 Å². The van der Waals surface area contributed by atoms with Crippen LogP contribution in [0.25, 0.3) is 0 Å². The van der Waals surface area contributed by atoms with Crippen LogP contribution in [0.4, 0.5) is 10.5 Å². The minimum absolute atomic E-state index is 0.0904. The second kappa shape index (κ2) is 15.8. The summed E-state index contributed by atoms with van der Waals surface area (Å²) in [5.41, 5.74) is 1.30.